The van der Waals surface area contributed by atoms with E-state index in [1.165, 1.54) is 0 Å². The molecule has 94 valence electrons. The van der Waals surface area contributed by atoms with Gasteiger partial charge in [-0.2, -0.15) is 0 Å². The highest BCUT2D eigenvalue weighted by Gasteiger charge is 2.05. The third kappa shape index (κ3) is 2.27. The summed E-state index contributed by atoms with van der Waals surface area (Å²) in [4.78, 5) is 20.5. The summed E-state index contributed by atoms with van der Waals surface area (Å²) in [7, 11) is 0. The molecule has 0 unspecified atom stereocenters. The number of aromatic amines is 1. The molecular formula is C15H12N2OS. The van der Waals surface area contributed by atoms with Crippen molar-refractivity contribution in [3.63, 3.8) is 0 Å². The monoisotopic (exact) mass is 268 g/mol. The predicted octanol–water partition coefficient (Wildman–Crippen LogP) is 3.31. The first-order valence-electron chi connectivity index (χ1n) is 5.91. The smallest absolute Gasteiger partial charge is 0.259 e. The van der Waals surface area contributed by atoms with Gasteiger partial charge in [-0.3, -0.25) is 4.79 Å². The van der Waals surface area contributed by atoms with Crippen LogP contribution >= 0.6 is 11.8 Å². The molecule has 0 bridgehead atoms. The standard InChI is InChI=1S/C15H12N2OS/c1-19-11-6-4-5-10(9-11)14-16-13-8-3-2-7-12(13)15(18)17-14/h2-9H,1H3,(H,16,17,18). The first-order valence-corrected chi connectivity index (χ1v) is 7.14. The minimum absolute atomic E-state index is 0.102. The minimum Gasteiger partial charge on any atom is -0.306 e. The Kier molecular flexibility index (Phi) is 3.09. The van der Waals surface area contributed by atoms with E-state index < -0.39 is 0 Å². The van der Waals surface area contributed by atoms with Crippen LogP contribution in [0.25, 0.3) is 22.3 Å². The molecule has 0 saturated heterocycles. The molecular weight excluding hydrogens is 256 g/mol. The molecule has 19 heavy (non-hydrogen) atoms. The zero-order valence-corrected chi connectivity index (χ0v) is 11.2. The molecule has 3 aromatic rings. The Bertz CT molecular complexity index is 795. The number of fused-ring (bicyclic) bond motifs is 1. The predicted molar refractivity (Wildman–Crippen MR) is 79.6 cm³/mol. The SMILES string of the molecule is CSc1cccc(-c2nc3ccccc3c(=O)[nH]2)c1. The van der Waals surface area contributed by atoms with Gasteiger partial charge in [0.25, 0.3) is 5.56 Å². The van der Waals surface area contributed by atoms with Gasteiger partial charge < -0.3 is 4.98 Å². The van der Waals surface area contributed by atoms with Crippen LogP contribution < -0.4 is 5.56 Å². The molecule has 0 aliphatic carbocycles. The fourth-order valence-corrected chi connectivity index (χ4v) is 2.45. The first kappa shape index (κ1) is 12.0. The van der Waals surface area contributed by atoms with Crippen molar-refractivity contribution in [2.75, 3.05) is 6.26 Å². The van der Waals surface area contributed by atoms with Crippen LogP contribution in [-0.4, -0.2) is 16.2 Å². The number of nitrogens with zero attached hydrogens (tertiary/aromatic N) is 1. The molecule has 0 fully saturated rings. The van der Waals surface area contributed by atoms with Crippen molar-refractivity contribution in [1.29, 1.82) is 0 Å². The number of para-hydroxylation sites is 1. The molecule has 0 radical (unpaired) electrons. The third-order valence-electron chi connectivity index (χ3n) is 2.96. The van der Waals surface area contributed by atoms with E-state index in [2.05, 4.69) is 9.97 Å². The van der Waals surface area contributed by atoms with Gasteiger partial charge in [-0.15, -0.1) is 11.8 Å². The van der Waals surface area contributed by atoms with E-state index in [4.69, 9.17) is 0 Å². The van der Waals surface area contributed by atoms with Crippen LogP contribution in [0.4, 0.5) is 0 Å². The van der Waals surface area contributed by atoms with E-state index in [1.54, 1.807) is 17.8 Å². The van der Waals surface area contributed by atoms with Crippen molar-refractivity contribution in [1.82, 2.24) is 9.97 Å². The number of thioether (sulfide) groups is 1. The average molecular weight is 268 g/mol. The fourth-order valence-electron chi connectivity index (χ4n) is 1.99. The van der Waals surface area contributed by atoms with Gasteiger partial charge in [-0.25, -0.2) is 4.98 Å². The summed E-state index contributed by atoms with van der Waals surface area (Å²) in [6, 6.07) is 15.3. The Morgan fingerprint density at radius 3 is 2.79 bits per heavy atom. The van der Waals surface area contributed by atoms with Crippen molar-refractivity contribution in [3.05, 3.63) is 58.9 Å². The molecule has 1 heterocycles. The van der Waals surface area contributed by atoms with Crippen LogP contribution in [0.3, 0.4) is 0 Å². The summed E-state index contributed by atoms with van der Waals surface area (Å²) in [5.41, 5.74) is 1.54. The summed E-state index contributed by atoms with van der Waals surface area (Å²) in [6.45, 7) is 0. The highest BCUT2D eigenvalue weighted by atomic mass is 32.2. The fraction of sp³-hybridized carbons (Fsp3) is 0.0667. The van der Waals surface area contributed by atoms with E-state index in [0.29, 0.717) is 11.2 Å². The second-order valence-corrected chi connectivity index (χ2v) is 5.04. The first-order chi connectivity index (χ1) is 9.28. The van der Waals surface area contributed by atoms with Gasteiger partial charge in [0.05, 0.1) is 10.9 Å². The van der Waals surface area contributed by atoms with Gasteiger partial charge in [-0.05, 0) is 30.5 Å². The molecule has 0 spiro atoms. The van der Waals surface area contributed by atoms with Crippen LogP contribution in [0.2, 0.25) is 0 Å². The van der Waals surface area contributed by atoms with E-state index in [1.807, 2.05) is 48.7 Å². The lowest BCUT2D eigenvalue weighted by molar-refractivity contribution is 1.17. The Balaban J connectivity index is 2.22. The zero-order valence-electron chi connectivity index (χ0n) is 10.4. The molecule has 4 heteroatoms. The van der Waals surface area contributed by atoms with Crippen LogP contribution in [0, 0.1) is 0 Å². The second kappa shape index (κ2) is 4.90. The average Bonchev–Trinajstić information content (AvgIpc) is 2.47. The summed E-state index contributed by atoms with van der Waals surface area (Å²) in [5, 5.41) is 0.618. The lowest BCUT2D eigenvalue weighted by Crippen LogP contribution is -2.09. The lowest BCUT2D eigenvalue weighted by Gasteiger charge is -2.04. The van der Waals surface area contributed by atoms with Crippen molar-refractivity contribution >= 4 is 22.7 Å². The summed E-state index contributed by atoms with van der Waals surface area (Å²) < 4.78 is 0. The molecule has 1 aromatic heterocycles. The van der Waals surface area contributed by atoms with Gasteiger partial charge >= 0.3 is 0 Å². The largest absolute Gasteiger partial charge is 0.306 e. The highest BCUT2D eigenvalue weighted by molar-refractivity contribution is 7.98. The number of aromatic nitrogens is 2. The maximum absolute atomic E-state index is 12.0. The van der Waals surface area contributed by atoms with E-state index in [9.17, 15) is 4.79 Å². The molecule has 0 atom stereocenters. The molecule has 0 aliphatic rings. The van der Waals surface area contributed by atoms with Crippen LogP contribution in [0.1, 0.15) is 0 Å². The number of nitrogens with one attached hydrogen (secondary N) is 1. The Labute approximate surface area is 114 Å². The third-order valence-corrected chi connectivity index (χ3v) is 3.68. The molecule has 1 N–H and O–H groups in total. The van der Waals surface area contributed by atoms with Crippen molar-refractivity contribution < 1.29 is 0 Å². The maximum atomic E-state index is 12.0. The summed E-state index contributed by atoms with van der Waals surface area (Å²) in [6.07, 6.45) is 2.02. The van der Waals surface area contributed by atoms with Gasteiger partial charge in [0.2, 0.25) is 0 Å². The number of benzene rings is 2. The van der Waals surface area contributed by atoms with Crippen LogP contribution in [0.15, 0.2) is 58.2 Å². The number of H-pyrrole nitrogens is 1. The summed E-state index contributed by atoms with van der Waals surface area (Å²) >= 11 is 1.67. The van der Waals surface area contributed by atoms with Gasteiger partial charge in [-0.1, -0.05) is 24.3 Å². The van der Waals surface area contributed by atoms with E-state index in [0.717, 1.165) is 16.0 Å². The Morgan fingerprint density at radius 1 is 1.11 bits per heavy atom. The second-order valence-electron chi connectivity index (χ2n) is 4.16. The number of hydrogen-bond acceptors (Lipinski definition) is 3. The van der Waals surface area contributed by atoms with E-state index >= 15 is 0 Å². The molecule has 2 aromatic carbocycles. The van der Waals surface area contributed by atoms with Gasteiger partial charge in [0.15, 0.2) is 0 Å². The molecule has 0 aliphatic heterocycles. The van der Waals surface area contributed by atoms with Gasteiger partial charge in [0, 0.05) is 10.5 Å². The normalized spacial score (nSPS) is 10.8. The topological polar surface area (TPSA) is 45.8 Å². The van der Waals surface area contributed by atoms with Crippen molar-refractivity contribution in [2.45, 2.75) is 4.90 Å². The van der Waals surface area contributed by atoms with E-state index in [-0.39, 0.29) is 5.56 Å². The Hall–Kier alpha value is -2.07. The quantitative estimate of drug-likeness (QED) is 0.725. The van der Waals surface area contributed by atoms with Crippen LogP contribution in [0.5, 0.6) is 0 Å². The molecule has 3 nitrogen and oxygen atoms in total. The van der Waals surface area contributed by atoms with Gasteiger partial charge in [0.1, 0.15) is 5.82 Å². The molecule has 0 saturated carbocycles. The number of rotatable bonds is 2. The molecule has 0 amide bonds. The summed E-state index contributed by atoms with van der Waals surface area (Å²) in [5.74, 6) is 0.611. The number of hydrogen-bond donors (Lipinski definition) is 1. The zero-order chi connectivity index (χ0) is 13.2. The highest BCUT2D eigenvalue weighted by Crippen LogP contribution is 2.22. The van der Waals surface area contributed by atoms with Crippen molar-refractivity contribution in [3.8, 4) is 11.4 Å². The lowest BCUT2D eigenvalue weighted by atomic mass is 10.2. The Morgan fingerprint density at radius 2 is 1.95 bits per heavy atom. The van der Waals surface area contributed by atoms with Crippen LogP contribution in [-0.2, 0) is 0 Å². The maximum Gasteiger partial charge on any atom is 0.259 e. The van der Waals surface area contributed by atoms with Crippen molar-refractivity contribution in [2.24, 2.45) is 0 Å². The molecule has 3 rings (SSSR count). The minimum atomic E-state index is -0.102.